The molecule has 3 aliphatic rings. The fourth-order valence-electron chi connectivity index (χ4n) is 15.6. The van der Waals surface area contributed by atoms with Gasteiger partial charge < -0.3 is 63.8 Å². The minimum atomic E-state index is -0.339. The Labute approximate surface area is 709 Å². The zero-order chi connectivity index (χ0) is 82.6. The van der Waals surface area contributed by atoms with Crippen LogP contribution in [-0.2, 0) is 24.0 Å². The lowest BCUT2D eigenvalue weighted by atomic mass is 9.90. The minimum absolute atomic E-state index is 0.00676. The second kappa shape index (κ2) is 47.0. The molecule has 10 aromatic rings. The lowest BCUT2D eigenvalue weighted by Gasteiger charge is -2.29. The molecule has 3 heterocycles. The third-order valence-corrected chi connectivity index (χ3v) is 22.8. The summed E-state index contributed by atoms with van der Waals surface area (Å²) < 4.78 is 1.01. The van der Waals surface area contributed by atoms with Crippen molar-refractivity contribution in [3.8, 4) is 0 Å². The number of carbonyl (C=O) groups excluding carboxylic acids is 6. The fraction of sp³-hybridized carbons (Fsp3) is 0.306. The van der Waals surface area contributed by atoms with E-state index < -0.39 is 0 Å². The molecule has 614 valence electrons. The maximum Gasteiger partial charge on any atom is 0.251 e. The molecule has 0 bridgehead atoms. The van der Waals surface area contributed by atoms with Crippen molar-refractivity contribution < 1.29 is 28.8 Å². The quantitative estimate of drug-likeness (QED) is 0.0178. The lowest BCUT2D eigenvalue weighted by molar-refractivity contribution is -0.133. The molecular weight excluding hydrogens is 1560 g/mol. The number of rotatable bonds is 32. The predicted octanol–water partition coefficient (Wildman–Crippen LogP) is 14.0. The first-order valence-electron chi connectivity index (χ1n) is 41.4. The first-order chi connectivity index (χ1) is 57.7. The molecule has 118 heavy (non-hydrogen) atoms. The van der Waals surface area contributed by atoms with Gasteiger partial charge in [0.15, 0.2) is 0 Å². The van der Waals surface area contributed by atoms with Crippen molar-refractivity contribution in [1.82, 2.24) is 46.6 Å². The number of hydrogen-bond donors (Lipinski definition) is 9. The summed E-state index contributed by atoms with van der Waals surface area (Å²) in [5, 5.41) is 22.5. The van der Waals surface area contributed by atoms with E-state index in [0.717, 1.165) is 64.9 Å². The molecule has 6 amide bonds. The lowest BCUT2D eigenvalue weighted by Crippen LogP contribution is -2.49. The van der Waals surface area contributed by atoms with Crippen molar-refractivity contribution in [3.63, 3.8) is 0 Å². The summed E-state index contributed by atoms with van der Waals surface area (Å²) in [6, 6.07) is 90.0. The van der Waals surface area contributed by atoms with E-state index in [-0.39, 0.29) is 89.4 Å². The minimum Gasteiger partial charge on any atom is -0.351 e. The van der Waals surface area contributed by atoms with Crippen LogP contribution in [0.15, 0.2) is 290 Å². The van der Waals surface area contributed by atoms with E-state index in [1.165, 1.54) is 39.5 Å². The Kier molecular flexibility index (Phi) is 35.1. The zero-order valence-electron chi connectivity index (χ0n) is 67.1. The Balaban J connectivity index is 0.000000174. The van der Waals surface area contributed by atoms with E-state index in [2.05, 4.69) is 121 Å². The van der Waals surface area contributed by atoms with Crippen LogP contribution < -0.4 is 49.1 Å². The van der Waals surface area contributed by atoms with Crippen molar-refractivity contribution in [2.75, 3.05) is 78.5 Å². The SMILES string of the molecule is NCCC[C@@H]1N[C@H](CNC(=O)/C=C/c2ccc(Cl)cc2)CCN(CC(c2ccccc2)c2ccccc2)C1=O.NCCC[C@@H]1N[C@H](CNC(=O)/C=C/c2ccccc2)CCN(CC(c2ccccc2)c2ccccc2)C1=O.NCCC[C@@H]1N[C@H](CNC(=O)c2ccc3cc(Br)ccc3c2)CCN(CC(c2ccccc2)c2ccccc2)C1=O. The number of nitrogens with zero attached hydrogens (tertiary/aromatic N) is 3. The Hall–Kier alpha value is -10.7. The molecule has 0 aromatic heterocycles. The van der Waals surface area contributed by atoms with Crippen molar-refractivity contribution in [1.29, 1.82) is 0 Å². The van der Waals surface area contributed by atoms with E-state index in [1.54, 1.807) is 30.4 Å². The Morgan fingerprint density at radius 2 is 0.703 bits per heavy atom. The van der Waals surface area contributed by atoms with E-state index in [9.17, 15) is 28.8 Å². The van der Waals surface area contributed by atoms with E-state index in [0.29, 0.717) is 108 Å². The molecule has 0 saturated carbocycles. The Morgan fingerprint density at radius 3 is 1.04 bits per heavy atom. The van der Waals surface area contributed by atoms with E-state index in [1.807, 2.05) is 203 Å². The van der Waals surface area contributed by atoms with Gasteiger partial charge in [0.25, 0.3) is 5.91 Å². The third kappa shape index (κ3) is 27.2. The van der Waals surface area contributed by atoms with Gasteiger partial charge in [-0.3, -0.25) is 28.8 Å². The van der Waals surface area contributed by atoms with Gasteiger partial charge in [0.1, 0.15) is 0 Å². The van der Waals surface area contributed by atoms with Crippen molar-refractivity contribution in [3.05, 3.63) is 345 Å². The van der Waals surface area contributed by atoms with Crippen LogP contribution in [0.4, 0.5) is 0 Å². The highest BCUT2D eigenvalue weighted by atomic mass is 79.9. The van der Waals surface area contributed by atoms with Gasteiger partial charge in [-0.05, 0) is 181 Å². The van der Waals surface area contributed by atoms with Crippen molar-refractivity contribution in [2.24, 2.45) is 17.2 Å². The van der Waals surface area contributed by atoms with Crippen LogP contribution in [0.2, 0.25) is 5.02 Å². The fourth-order valence-corrected chi connectivity index (χ4v) is 16.1. The maximum atomic E-state index is 13.8. The third-order valence-electron chi connectivity index (χ3n) is 22.0. The monoisotopic (exact) mass is 1670 g/mol. The summed E-state index contributed by atoms with van der Waals surface area (Å²) >= 11 is 9.43. The number of carbonyl (C=O) groups is 6. The molecule has 0 spiro atoms. The topological polar surface area (TPSA) is 262 Å². The average molecular weight is 1670 g/mol. The summed E-state index contributed by atoms with van der Waals surface area (Å²) in [6.45, 7) is 6.58. The number of nitrogens with two attached hydrogens (primary N) is 3. The van der Waals surface area contributed by atoms with Gasteiger partial charge in [-0.25, -0.2) is 0 Å². The molecule has 18 nitrogen and oxygen atoms in total. The molecule has 3 aliphatic heterocycles. The zero-order valence-corrected chi connectivity index (χ0v) is 69.5. The second-order valence-electron chi connectivity index (χ2n) is 30.4. The highest BCUT2D eigenvalue weighted by Gasteiger charge is 2.36. The Bertz CT molecular complexity index is 4690. The standard InChI is InChI=1S/C34H37BrN4O2.C32H37ClN4O2.C32H38N4O2/c35-29-16-15-26-20-28(14-13-27(26)21-29)33(40)37-22-30-17-19-39(34(41)32(38-30)12-7-18-36)23-31(24-8-3-1-4-9-24)25-10-5-2-6-11-25;33-27-16-13-24(14-17-27)15-18-31(38)35-22-28-19-21-37(32(39)30(36-28)12-7-20-34)23-29(25-8-3-1-4-9-25)26-10-5-2-6-11-26;33-21-10-17-30-32(38)36(24-29(26-13-6-2-7-14-26)27-15-8-3-9-16-27)22-20-28(35-30)23-34-31(37)19-18-25-11-4-1-5-12-25/h1-6,8-11,13-16,20-21,30-32,38H,7,12,17-19,22-23,36H2,(H,37,40);1-6,8-11,13-18,28-30,36H,7,12,19-23,34H2,(H,35,38);1-9,11-16,18-19,28-30,35H,10,17,20-24,33H2,(H,34,37)/b;18-15+;19-18+/t30-,32-;2*28-,30-/m000/s1. The molecule has 0 radical (unpaired) electrons. The van der Waals surface area contributed by atoms with E-state index >= 15 is 0 Å². The largest absolute Gasteiger partial charge is 0.351 e. The van der Waals surface area contributed by atoms with Gasteiger partial charge in [0.2, 0.25) is 29.5 Å². The molecule has 0 unspecified atom stereocenters. The van der Waals surface area contributed by atoms with Crippen molar-refractivity contribution >= 4 is 85.9 Å². The van der Waals surface area contributed by atoms with Crippen LogP contribution in [0.3, 0.4) is 0 Å². The second-order valence-corrected chi connectivity index (χ2v) is 31.8. The van der Waals surface area contributed by atoms with Crippen LogP contribution in [0.5, 0.6) is 0 Å². The molecule has 12 N–H and O–H groups in total. The molecule has 3 saturated heterocycles. The van der Waals surface area contributed by atoms with Gasteiger partial charge in [-0.1, -0.05) is 264 Å². The molecule has 0 aliphatic carbocycles. The van der Waals surface area contributed by atoms with Crippen LogP contribution in [0, 0.1) is 0 Å². The molecule has 20 heteroatoms. The first-order valence-corrected chi connectivity index (χ1v) is 42.6. The number of nitrogens with one attached hydrogen (secondary N) is 6. The van der Waals surface area contributed by atoms with Gasteiger partial charge in [-0.15, -0.1) is 0 Å². The molecule has 13 rings (SSSR count). The average Bonchev–Trinajstić information content (AvgIpc) is 1.81. The number of benzene rings is 10. The number of amides is 6. The Morgan fingerprint density at radius 1 is 0.398 bits per heavy atom. The van der Waals surface area contributed by atoms with Crippen LogP contribution >= 0.6 is 27.5 Å². The predicted molar refractivity (Wildman–Crippen MR) is 481 cm³/mol. The summed E-state index contributed by atoms with van der Waals surface area (Å²) in [5.74, 6) is 0.0872. The highest BCUT2D eigenvalue weighted by Crippen LogP contribution is 2.32. The molecule has 3 fully saturated rings. The summed E-state index contributed by atoms with van der Waals surface area (Å²) in [7, 11) is 0. The first kappa shape index (κ1) is 88.1. The van der Waals surface area contributed by atoms with Gasteiger partial charge in [-0.2, -0.15) is 0 Å². The summed E-state index contributed by atoms with van der Waals surface area (Å²) in [6.07, 6.45) is 13.1. The molecule has 10 aromatic carbocycles. The number of hydrogen-bond acceptors (Lipinski definition) is 12. The maximum absolute atomic E-state index is 13.8. The van der Waals surface area contributed by atoms with Crippen LogP contribution in [0.1, 0.15) is 130 Å². The normalized spacial score (nSPS) is 17.8. The van der Waals surface area contributed by atoms with Gasteiger partial charge >= 0.3 is 0 Å². The summed E-state index contributed by atoms with van der Waals surface area (Å²) in [5.41, 5.74) is 27.0. The smallest absolute Gasteiger partial charge is 0.251 e. The molecule has 6 atom stereocenters. The van der Waals surface area contributed by atoms with Crippen LogP contribution in [-0.4, -0.2) is 165 Å². The number of halogens is 2. The molecular formula is C98H112BrClN12O6. The van der Waals surface area contributed by atoms with Gasteiger partial charge in [0.05, 0.1) is 18.1 Å². The van der Waals surface area contributed by atoms with Crippen molar-refractivity contribution in [2.45, 2.75) is 112 Å². The summed E-state index contributed by atoms with van der Waals surface area (Å²) in [4.78, 5) is 85.3. The van der Waals surface area contributed by atoms with Crippen LogP contribution in [0.25, 0.3) is 22.9 Å². The van der Waals surface area contributed by atoms with E-state index in [4.69, 9.17) is 28.8 Å². The van der Waals surface area contributed by atoms with Gasteiger partial charge in [0, 0.05) is 122 Å². The highest BCUT2D eigenvalue weighted by molar-refractivity contribution is 9.10. The number of fused-ring (bicyclic) bond motifs is 1.